The molecule has 1 aromatic rings. The number of halogens is 4. The molecule has 0 saturated heterocycles. The van der Waals surface area contributed by atoms with Crippen molar-refractivity contribution in [2.24, 2.45) is 5.73 Å². The molecule has 0 amide bonds. The summed E-state index contributed by atoms with van der Waals surface area (Å²) in [5.41, 5.74) is 6.98. The van der Waals surface area contributed by atoms with E-state index in [2.05, 4.69) is 0 Å². The zero-order valence-corrected chi connectivity index (χ0v) is 11.3. The SMILES string of the molecule is C[C@@H](N)c1ccc(N(CC(F)(F)F)C2CC2)c(Cl)c1. The van der Waals surface area contributed by atoms with Crippen molar-refractivity contribution in [3.63, 3.8) is 0 Å². The van der Waals surface area contributed by atoms with Gasteiger partial charge in [-0.1, -0.05) is 17.7 Å². The Balaban J connectivity index is 2.27. The van der Waals surface area contributed by atoms with E-state index in [1.54, 1.807) is 25.1 Å². The fourth-order valence-electron chi connectivity index (χ4n) is 2.03. The normalized spacial score (nSPS) is 17.4. The van der Waals surface area contributed by atoms with Crippen LogP contribution in [0.3, 0.4) is 0 Å². The van der Waals surface area contributed by atoms with E-state index in [-0.39, 0.29) is 12.1 Å². The van der Waals surface area contributed by atoms with Crippen molar-refractivity contribution in [1.82, 2.24) is 0 Å². The van der Waals surface area contributed by atoms with E-state index in [4.69, 9.17) is 17.3 Å². The molecule has 0 heterocycles. The molecular weight excluding hydrogens is 277 g/mol. The van der Waals surface area contributed by atoms with Crippen LogP contribution in [-0.4, -0.2) is 18.8 Å². The Hall–Kier alpha value is -0.940. The molecule has 6 heteroatoms. The highest BCUT2D eigenvalue weighted by atomic mass is 35.5. The largest absolute Gasteiger partial charge is 0.405 e. The van der Waals surface area contributed by atoms with E-state index in [0.29, 0.717) is 10.7 Å². The van der Waals surface area contributed by atoms with Crippen LogP contribution in [0.4, 0.5) is 18.9 Å². The van der Waals surface area contributed by atoms with Crippen LogP contribution in [0.25, 0.3) is 0 Å². The fourth-order valence-corrected chi connectivity index (χ4v) is 2.33. The van der Waals surface area contributed by atoms with Crippen LogP contribution in [0, 0.1) is 0 Å². The highest BCUT2D eigenvalue weighted by Gasteiger charge is 2.38. The minimum Gasteiger partial charge on any atom is -0.358 e. The summed E-state index contributed by atoms with van der Waals surface area (Å²) >= 11 is 6.10. The molecule has 1 fully saturated rings. The van der Waals surface area contributed by atoms with Gasteiger partial charge in [-0.25, -0.2) is 0 Å². The molecule has 106 valence electrons. The van der Waals surface area contributed by atoms with Crippen LogP contribution in [0.15, 0.2) is 18.2 Å². The van der Waals surface area contributed by atoms with Gasteiger partial charge in [-0.2, -0.15) is 13.2 Å². The fraction of sp³-hybridized carbons (Fsp3) is 0.538. The Bertz CT molecular complexity index is 456. The van der Waals surface area contributed by atoms with Gasteiger partial charge in [0.2, 0.25) is 0 Å². The van der Waals surface area contributed by atoms with Gasteiger partial charge in [0, 0.05) is 12.1 Å². The molecule has 2 N–H and O–H groups in total. The monoisotopic (exact) mass is 292 g/mol. The first-order valence-corrected chi connectivity index (χ1v) is 6.54. The van der Waals surface area contributed by atoms with Gasteiger partial charge >= 0.3 is 6.18 Å². The number of rotatable bonds is 4. The molecule has 0 spiro atoms. The second kappa shape index (κ2) is 5.21. The maximum absolute atomic E-state index is 12.6. The summed E-state index contributed by atoms with van der Waals surface area (Å²) in [7, 11) is 0. The summed E-state index contributed by atoms with van der Waals surface area (Å²) in [6.45, 7) is 0.842. The minimum atomic E-state index is -4.23. The van der Waals surface area contributed by atoms with E-state index in [1.165, 1.54) is 4.90 Å². The highest BCUT2D eigenvalue weighted by Crippen LogP contribution is 2.38. The van der Waals surface area contributed by atoms with Crippen LogP contribution >= 0.6 is 11.6 Å². The third-order valence-electron chi connectivity index (χ3n) is 3.14. The van der Waals surface area contributed by atoms with Gasteiger partial charge in [0.1, 0.15) is 6.54 Å². The van der Waals surface area contributed by atoms with Crippen molar-refractivity contribution >= 4 is 17.3 Å². The summed E-state index contributed by atoms with van der Waals surface area (Å²) in [5, 5.41) is 0.325. The minimum absolute atomic E-state index is 0.0553. The van der Waals surface area contributed by atoms with E-state index < -0.39 is 12.7 Å². The molecule has 2 rings (SSSR count). The average molecular weight is 293 g/mol. The Morgan fingerprint density at radius 1 is 1.42 bits per heavy atom. The third-order valence-corrected chi connectivity index (χ3v) is 3.45. The molecule has 0 radical (unpaired) electrons. The lowest BCUT2D eigenvalue weighted by Crippen LogP contribution is -2.36. The Morgan fingerprint density at radius 3 is 2.47 bits per heavy atom. The Morgan fingerprint density at radius 2 is 2.05 bits per heavy atom. The highest BCUT2D eigenvalue weighted by molar-refractivity contribution is 6.33. The number of nitrogens with two attached hydrogens (primary N) is 1. The van der Waals surface area contributed by atoms with Crippen molar-refractivity contribution in [3.8, 4) is 0 Å². The molecular formula is C13H16ClF3N2. The van der Waals surface area contributed by atoms with Crippen molar-refractivity contribution in [2.45, 2.75) is 38.0 Å². The maximum atomic E-state index is 12.6. The van der Waals surface area contributed by atoms with Crippen molar-refractivity contribution < 1.29 is 13.2 Å². The van der Waals surface area contributed by atoms with Gasteiger partial charge < -0.3 is 10.6 Å². The lowest BCUT2D eigenvalue weighted by Gasteiger charge is -2.27. The average Bonchev–Trinajstić information content (AvgIpc) is 3.08. The molecule has 1 atom stereocenters. The molecule has 1 aromatic carbocycles. The summed E-state index contributed by atoms with van der Waals surface area (Å²) in [5.74, 6) is 0. The topological polar surface area (TPSA) is 29.3 Å². The third kappa shape index (κ3) is 3.76. The molecule has 2 nitrogen and oxygen atoms in total. The number of nitrogens with zero attached hydrogens (tertiary/aromatic N) is 1. The smallest absolute Gasteiger partial charge is 0.358 e. The predicted molar refractivity (Wildman–Crippen MR) is 70.5 cm³/mol. The first-order chi connectivity index (χ1) is 8.78. The van der Waals surface area contributed by atoms with Crippen molar-refractivity contribution in [3.05, 3.63) is 28.8 Å². The predicted octanol–water partition coefficient (Wildman–Crippen LogP) is 3.89. The van der Waals surface area contributed by atoms with E-state index >= 15 is 0 Å². The lowest BCUT2D eigenvalue weighted by molar-refractivity contribution is -0.119. The van der Waals surface area contributed by atoms with Gasteiger partial charge in [0.25, 0.3) is 0 Å². The van der Waals surface area contributed by atoms with E-state index in [9.17, 15) is 13.2 Å². The first kappa shape index (κ1) is 14.5. The maximum Gasteiger partial charge on any atom is 0.405 e. The zero-order chi connectivity index (χ0) is 14.2. The second-order valence-electron chi connectivity index (χ2n) is 4.97. The Labute approximate surface area is 115 Å². The molecule has 1 aliphatic carbocycles. The summed E-state index contributed by atoms with van der Waals surface area (Å²) in [6.07, 6.45) is -2.67. The molecule has 0 aromatic heterocycles. The molecule has 19 heavy (non-hydrogen) atoms. The van der Waals surface area contributed by atoms with Crippen molar-refractivity contribution in [1.29, 1.82) is 0 Å². The second-order valence-corrected chi connectivity index (χ2v) is 5.38. The van der Waals surface area contributed by atoms with Gasteiger partial charge in [0.05, 0.1) is 10.7 Å². The molecule has 1 aliphatic rings. The van der Waals surface area contributed by atoms with Gasteiger partial charge in [0.15, 0.2) is 0 Å². The van der Waals surface area contributed by atoms with Gasteiger partial charge in [-0.05, 0) is 37.5 Å². The van der Waals surface area contributed by atoms with E-state index in [1.807, 2.05) is 0 Å². The molecule has 0 unspecified atom stereocenters. The van der Waals surface area contributed by atoms with E-state index in [0.717, 1.165) is 18.4 Å². The molecule has 0 bridgehead atoms. The number of anilines is 1. The Kier molecular flexibility index (Phi) is 3.97. The summed E-state index contributed by atoms with van der Waals surface area (Å²) in [6, 6.07) is 4.76. The first-order valence-electron chi connectivity index (χ1n) is 6.16. The quantitative estimate of drug-likeness (QED) is 0.912. The van der Waals surface area contributed by atoms with Crippen LogP contribution in [0.5, 0.6) is 0 Å². The standard InChI is InChI=1S/C13H16ClF3N2/c1-8(18)9-2-5-12(11(14)6-9)19(10-3-4-10)7-13(15,16)17/h2,5-6,8,10H,3-4,7,18H2,1H3/t8-/m1/s1. The van der Waals surface area contributed by atoms with Crippen LogP contribution < -0.4 is 10.6 Å². The summed E-state index contributed by atoms with van der Waals surface area (Å²) in [4.78, 5) is 1.34. The van der Waals surface area contributed by atoms with Gasteiger partial charge in [-0.3, -0.25) is 0 Å². The summed E-state index contributed by atoms with van der Waals surface area (Å²) < 4.78 is 37.8. The zero-order valence-electron chi connectivity index (χ0n) is 10.5. The molecule has 1 saturated carbocycles. The van der Waals surface area contributed by atoms with Crippen LogP contribution in [-0.2, 0) is 0 Å². The number of hydrogen-bond donors (Lipinski definition) is 1. The number of alkyl halides is 3. The number of benzene rings is 1. The molecule has 0 aliphatic heterocycles. The van der Waals surface area contributed by atoms with Crippen molar-refractivity contribution in [2.75, 3.05) is 11.4 Å². The van der Waals surface area contributed by atoms with Crippen LogP contribution in [0.2, 0.25) is 5.02 Å². The van der Waals surface area contributed by atoms with Gasteiger partial charge in [-0.15, -0.1) is 0 Å². The van der Waals surface area contributed by atoms with Crippen LogP contribution in [0.1, 0.15) is 31.4 Å². The number of hydrogen-bond acceptors (Lipinski definition) is 2. The lowest BCUT2D eigenvalue weighted by atomic mass is 10.1.